The summed E-state index contributed by atoms with van der Waals surface area (Å²) >= 11 is 0. The van der Waals surface area contributed by atoms with Gasteiger partial charge in [-0.3, -0.25) is 0 Å². The number of rotatable bonds is 7. The third-order valence-electron chi connectivity index (χ3n) is 3.01. The molecule has 0 saturated heterocycles. The average molecular weight is 632 g/mol. The van der Waals surface area contributed by atoms with Gasteiger partial charge in [-0.25, -0.2) is 8.42 Å². The summed E-state index contributed by atoms with van der Waals surface area (Å²) in [6.45, 7) is 0. The van der Waals surface area contributed by atoms with E-state index >= 15 is 0 Å². The Morgan fingerprint density at radius 2 is 0.633 bits per heavy atom. The van der Waals surface area contributed by atoms with E-state index in [0.29, 0.717) is 0 Å². The van der Waals surface area contributed by atoms with Crippen molar-refractivity contribution in [2.75, 3.05) is 0 Å². The molecule has 0 amide bonds. The quantitative estimate of drug-likeness (QED) is 0.316. The van der Waals surface area contributed by atoms with Crippen LogP contribution >= 0.6 is 0 Å². The molecule has 0 N–H and O–H groups in total. The zero-order valence-corrected chi connectivity index (χ0v) is 20.2. The van der Waals surface area contributed by atoms with Crippen molar-refractivity contribution >= 4 is 10.1 Å². The van der Waals surface area contributed by atoms with Gasteiger partial charge >= 0.3 is 116 Å². The molecule has 0 radical (unpaired) electrons. The van der Waals surface area contributed by atoms with Crippen LogP contribution in [0.15, 0.2) is 0 Å². The second-order valence-corrected chi connectivity index (χ2v) is 6.34. The van der Waals surface area contributed by atoms with Crippen LogP contribution in [-0.4, -0.2) is 59.9 Å². The van der Waals surface area contributed by atoms with Gasteiger partial charge in [0.25, 0.3) is 0 Å². The van der Waals surface area contributed by atoms with Crippen molar-refractivity contribution in [3.63, 3.8) is 0 Å². The number of hydrogen-bond donors (Lipinski definition) is 0. The van der Waals surface area contributed by atoms with Crippen LogP contribution < -0.4 is 68.9 Å². The van der Waals surface area contributed by atoms with Gasteiger partial charge in [0.05, 0.1) is 0 Å². The van der Waals surface area contributed by atoms with Crippen molar-refractivity contribution in [1.82, 2.24) is 0 Å². The van der Waals surface area contributed by atoms with E-state index in [2.05, 4.69) is 0 Å². The van der Waals surface area contributed by atoms with Crippen LogP contribution in [0.1, 0.15) is 0 Å². The maximum Gasteiger partial charge on any atom is 1.00 e. The zero-order chi connectivity index (χ0) is 24.5. The van der Waals surface area contributed by atoms with Crippen LogP contribution in [0.3, 0.4) is 0 Å². The van der Waals surface area contributed by atoms with Crippen molar-refractivity contribution in [3.05, 3.63) is 0 Å². The molecule has 0 aromatic heterocycles. The van der Waals surface area contributed by atoms with Crippen LogP contribution in [0, 0.1) is 0 Å². The van der Waals surface area contributed by atoms with E-state index < -0.39 is 57.1 Å². The number of alkyl halides is 17. The van der Waals surface area contributed by atoms with Gasteiger partial charge in [-0.2, -0.15) is 74.6 Å². The molecule has 0 spiro atoms. The van der Waals surface area contributed by atoms with Crippen molar-refractivity contribution in [2.45, 2.75) is 47.0 Å². The van der Waals surface area contributed by atoms with E-state index in [9.17, 15) is 87.6 Å². The Bertz CT molecular complexity index is 739. The summed E-state index contributed by atoms with van der Waals surface area (Å²) in [5.41, 5.74) is 0. The van der Waals surface area contributed by atoms with Crippen molar-refractivity contribution in [2.24, 2.45) is 0 Å². The molecule has 0 saturated carbocycles. The fourth-order valence-electron chi connectivity index (χ4n) is 1.31. The Kier molecular flexibility index (Phi) is 9.02. The first-order valence-corrected chi connectivity index (χ1v) is 7.08. The fourth-order valence-corrected chi connectivity index (χ4v) is 1.75. The summed E-state index contributed by atoms with van der Waals surface area (Å²) < 4.78 is 244. The van der Waals surface area contributed by atoms with Crippen LogP contribution in [0.5, 0.6) is 0 Å². The molecule has 3 nitrogen and oxygen atoms in total. The molecule has 176 valence electrons. The van der Waals surface area contributed by atoms with Crippen LogP contribution in [-0.2, 0) is 10.1 Å². The van der Waals surface area contributed by atoms with E-state index in [4.69, 9.17) is 0 Å². The largest absolute Gasteiger partial charge is 1.00 e. The second kappa shape index (κ2) is 8.22. The van der Waals surface area contributed by atoms with E-state index in [0.717, 1.165) is 0 Å². The summed E-state index contributed by atoms with van der Waals surface area (Å²) in [5, 5.41) is -7.95. The second-order valence-electron chi connectivity index (χ2n) is 4.92. The minimum absolute atomic E-state index is 0. The molecular weight excluding hydrogens is 632 g/mol. The van der Waals surface area contributed by atoms with Gasteiger partial charge in [0.15, 0.2) is 10.1 Å². The third kappa shape index (κ3) is 4.19. The smallest absolute Gasteiger partial charge is 0.743 e. The summed E-state index contributed by atoms with van der Waals surface area (Å²) in [4.78, 5) is 0. The van der Waals surface area contributed by atoms with Crippen molar-refractivity contribution in [1.29, 1.82) is 0 Å². The van der Waals surface area contributed by atoms with Crippen molar-refractivity contribution < 1.29 is 157 Å². The van der Waals surface area contributed by atoms with Gasteiger partial charge in [0.2, 0.25) is 0 Å². The van der Waals surface area contributed by atoms with Gasteiger partial charge in [-0.05, 0) is 0 Å². The monoisotopic (exact) mass is 632 g/mol. The molecule has 0 heterocycles. The van der Waals surface area contributed by atoms with Crippen LogP contribution in [0.25, 0.3) is 0 Å². The molecule has 0 aromatic carbocycles. The van der Waals surface area contributed by atoms with Crippen LogP contribution in [0.2, 0.25) is 0 Å². The topological polar surface area (TPSA) is 57.2 Å². The van der Waals surface area contributed by atoms with Gasteiger partial charge in [0.1, 0.15) is 0 Å². The maximum atomic E-state index is 13.0. The normalized spacial score (nSPS) is 16.3. The first kappa shape index (κ1) is 32.9. The minimum atomic E-state index is -8.92. The molecule has 0 aromatic rings. The minimum Gasteiger partial charge on any atom is -0.743 e. The molecule has 30 heavy (non-hydrogen) atoms. The molecule has 0 bridgehead atoms. The zero-order valence-electron chi connectivity index (χ0n) is 13.1. The Labute approximate surface area is 211 Å². The molecular formula is C8CsF17O3S. The number of halogens is 17. The molecule has 0 rings (SSSR count). The van der Waals surface area contributed by atoms with Gasteiger partial charge in [-0.1, -0.05) is 0 Å². The Morgan fingerprint density at radius 3 is 0.833 bits per heavy atom. The molecule has 22 heteroatoms. The Morgan fingerprint density at radius 1 is 0.433 bits per heavy atom. The summed E-state index contributed by atoms with van der Waals surface area (Å²) in [6, 6.07) is 0. The average Bonchev–Trinajstić information content (AvgIpc) is 2.43. The van der Waals surface area contributed by atoms with Gasteiger partial charge < -0.3 is 4.55 Å². The fraction of sp³-hybridized carbons (Fsp3) is 1.00. The van der Waals surface area contributed by atoms with E-state index in [1.54, 1.807) is 0 Å². The Balaban J connectivity index is 0. The predicted octanol–water partition coefficient (Wildman–Crippen LogP) is 1.50. The summed E-state index contributed by atoms with van der Waals surface area (Å²) in [5.74, 6) is -52.1. The number of hydrogen-bond acceptors (Lipinski definition) is 3. The molecule has 0 fully saturated rings. The maximum absolute atomic E-state index is 13.0. The molecule has 0 aliphatic carbocycles. The van der Waals surface area contributed by atoms with E-state index in [-0.39, 0.29) is 68.9 Å². The molecule has 0 unspecified atom stereocenters. The standard InChI is InChI=1S/C8HF17O3S.Cs/c9-1(10,3(13,14)5(17,18)7(21,22)23)2(11,12)4(15,16)6(19,20)8(24,25)29(26,27)28;/h(H,26,27,28);/q;+1/p-1. The van der Waals surface area contributed by atoms with Gasteiger partial charge in [-0.15, -0.1) is 0 Å². The summed E-state index contributed by atoms with van der Waals surface area (Å²) in [6.07, 6.45) is -7.89. The SMILES string of the molecule is O=S(=O)([O-])C(F)(F)C(F)(F)C(F)(F)C(F)(F)C(F)(F)C(F)(F)C(F)(F)C(F)(F)F.[Cs+]. The van der Waals surface area contributed by atoms with Gasteiger partial charge in [0, 0.05) is 0 Å². The molecule has 0 aliphatic rings. The Hall–Kier alpha value is 0.772. The van der Waals surface area contributed by atoms with Crippen LogP contribution in [0.4, 0.5) is 74.6 Å². The molecule has 0 aliphatic heterocycles. The first-order valence-electron chi connectivity index (χ1n) is 5.67. The van der Waals surface area contributed by atoms with E-state index in [1.807, 2.05) is 0 Å². The first-order chi connectivity index (χ1) is 12.0. The van der Waals surface area contributed by atoms with E-state index in [1.165, 1.54) is 0 Å². The summed E-state index contributed by atoms with van der Waals surface area (Å²) in [7, 11) is -8.14. The molecule has 0 atom stereocenters. The predicted molar refractivity (Wildman–Crippen MR) is 50.4 cm³/mol. The third-order valence-corrected chi connectivity index (χ3v) is 3.89. The van der Waals surface area contributed by atoms with Crippen molar-refractivity contribution in [3.8, 4) is 0 Å².